The largest absolute Gasteiger partial charge is 0.480 e. The summed E-state index contributed by atoms with van der Waals surface area (Å²) in [5, 5.41) is 15.7. The molecule has 0 unspecified atom stereocenters. The van der Waals surface area contributed by atoms with Crippen LogP contribution >= 0.6 is 0 Å². The van der Waals surface area contributed by atoms with Gasteiger partial charge in [-0.3, -0.25) is 14.9 Å². The van der Waals surface area contributed by atoms with Crippen LogP contribution in [0.1, 0.15) is 52.5 Å². The highest BCUT2D eigenvalue weighted by Gasteiger charge is 2.42. The summed E-state index contributed by atoms with van der Waals surface area (Å²) in [6.07, 6.45) is 7.41. The van der Waals surface area contributed by atoms with Gasteiger partial charge in [-0.2, -0.15) is 0 Å². The molecule has 0 aromatic carbocycles. The number of carbonyl (C=O) groups excluding carboxylic acids is 1. The highest BCUT2D eigenvalue weighted by atomic mass is 16.4. The van der Waals surface area contributed by atoms with E-state index in [-0.39, 0.29) is 24.0 Å². The maximum Gasteiger partial charge on any atom is 0.320 e. The van der Waals surface area contributed by atoms with Crippen LogP contribution in [0, 0.1) is 5.92 Å². The van der Waals surface area contributed by atoms with Gasteiger partial charge in [0.15, 0.2) is 0 Å². The molecule has 0 saturated carbocycles. The second kappa shape index (κ2) is 8.33. The van der Waals surface area contributed by atoms with E-state index < -0.39 is 12.0 Å². The van der Waals surface area contributed by atoms with Crippen molar-refractivity contribution in [1.29, 1.82) is 0 Å². The first kappa shape index (κ1) is 18.5. The predicted molar refractivity (Wildman–Crippen MR) is 92.7 cm³/mol. The Morgan fingerprint density at radius 2 is 1.92 bits per heavy atom. The molecule has 0 aliphatic carbocycles. The Kier molecular flexibility index (Phi) is 6.43. The molecule has 6 nitrogen and oxygen atoms in total. The average molecular weight is 335 g/mol. The van der Waals surface area contributed by atoms with E-state index >= 15 is 0 Å². The number of hydrogen-bond acceptors (Lipinski definition) is 3. The summed E-state index contributed by atoms with van der Waals surface area (Å²) in [6.45, 7) is 5.84. The number of carboxylic acid groups (broad SMARTS) is 1. The van der Waals surface area contributed by atoms with Crippen LogP contribution in [0.15, 0.2) is 24.5 Å². The number of carbonyl (C=O) groups is 2. The zero-order valence-electron chi connectivity index (χ0n) is 14.7. The van der Waals surface area contributed by atoms with E-state index in [1.165, 1.54) is 6.92 Å². The van der Waals surface area contributed by atoms with Crippen molar-refractivity contribution in [2.24, 2.45) is 5.92 Å². The van der Waals surface area contributed by atoms with Gasteiger partial charge < -0.3 is 15.0 Å². The maximum atomic E-state index is 11.7. The van der Waals surface area contributed by atoms with Crippen LogP contribution < -0.4 is 10.6 Å². The number of aliphatic carboxylic acids is 1. The number of hydrogen-bond donors (Lipinski definition) is 3. The number of rotatable bonds is 8. The summed E-state index contributed by atoms with van der Waals surface area (Å²) in [6, 6.07) is 3.15. The Labute approximate surface area is 143 Å². The molecule has 0 bridgehead atoms. The quantitative estimate of drug-likeness (QED) is 0.680. The second-order valence-electron chi connectivity index (χ2n) is 6.74. The van der Waals surface area contributed by atoms with Crippen LogP contribution in [-0.4, -0.2) is 39.7 Å². The normalized spacial score (nSPS) is 24.9. The van der Waals surface area contributed by atoms with Crippen LogP contribution in [-0.2, 0) is 9.59 Å². The molecule has 1 aliphatic heterocycles. The zero-order chi connectivity index (χ0) is 17.7. The van der Waals surface area contributed by atoms with E-state index in [0.717, 1.165) is 19.3 Å². The van der Waals surface area contributed by atoms with Gasteiger partial charge in [0.05, 0.1) is 6.04 Å². The lowest BCUT2D eigenvalue weighted by molar-refractivity contribution is -0.139. The van der Waals surface area contributed by atoms with Crippen molar-refractivity contribution in [3.05, 3.63) is 24.5 Å². The fourth-order valence-electron chi connectivity index (χ4n) is 3.77. The number of amides is 1. The van der Waals surface area contributed by atoms with E-state index in [1.807, 2.05) is 24.5 Å². The van der Waals surface area contributed by atoms with Gasteiger partial charge in [-0.15, -0.1) is 0 Å². The van der Waals surface area contributed by atoms with E-state index in [1.54, 1.807) is 0 Å². The monoisotopic (exact) mass is 335 g/mol. The molecular formula is C18H29N3O3. The molecule has 1 amide bonds. The lowest BCUT2D eigenvalue weighted by Crippen LogP contribution is -2.52. The van der Waals surface area contributed by atoms with Crippen molar-refractivity contribution in [2.75, 3.05) is 0 Å². The Hall–Kier alpha value is -1.82. The summed E-state index contributed by atoms with van der Waals surface area (Å²) in [7, 11) is 0. The minimum absolute atomic E-state index is 0.0207. The molecule has 1 saturated heterocycles. The summed E-state index contributed by atoms with van der Waals surface area (Å²) < 4.78 is 2.06. The van der Waals surface area contributed by atoms with Crippen molar-refractivity contribution in [3.63, 3.8) is 0 Å². The van der Waals surface area contributed by atoms with E-state index in [9.17, 15) is 14.7 Å². The summed E-state index contributed by atoms with van der Waals surface area (Å²) in [4.78, 5) is 23.2. The van der Waals surface area contributed by atoms with Crippen molar-refractivity contribution in [2.45, 2.75) is 70.6 Å². The number of aromatic nitrogens is 1. The Bertz CT molecular complexity index is 540. The molecule has 1 aromatic heterocycles. The standard InChI is InChI=1S/C18H29N3O3/c1-4-13(5-2)10-14(19-12(3)22)17-16(21-8-6-7-9-21)11-15(20-17)18(23)24/h6-9,13-17,20H,4-5,10-11H2,1-3H3,(H,19,22)(H,23,24)/t14-,15+,16+,17+/m0/s1. The first-order valence-corrected chi connectivity index (χ1v) is 8.84. The van der Waals surface area contributed by atoms with Crippen LogP contribution in [0.2, 0.25) is 0 Å². The van der Waals surface area contributed by atoms with Gasteiger partial charge in [-0.25, -0.2) is 0 Å². The molecular weight excluding hydrogens is 306 g/mol. The Balaban J connectivity index is 2.25. The topological polar surface area (TPSA) is 83.4 Å². The van der Waals surface area contributed by atoms with E-state index in [0.29, 0.717) is 12.3 Å². The first-order valence-electron chi connectivity index (χ1n) is 8.84. The molecule has 1 aromatic rings. The molecule has 3 N–H and O–H groups in total. The SMILES string of the molecule is CCC(CC)C[C@H](NC(C)=O)[C@H]1N[C@@H](C(=O)O)C[C@H]1n1cccc1. The van der Waals surface area contributed by atoms with E-state index in [2.05, 4.69) is 29.0 Å². The van der Waals surface area contributed by atoms with E-state index in [4.69, 9.17) is 0 Å². The van der Waals surface area contributed by atoms with Crippen molar-refractivity contribution in [3.8, 4) is 0 Å². The van der Waals surface area contributed by atoms with Crippen LogP contribution in [0.5, 0.6) is 0 Å². The third-order valence-electron chi connectivity index (χ3n) is 5.16. The lowest BCUT2D eigenvalue weighted by Gasteiger charge is -2.32. The molecule has 2 heterocycles. The molecule has 24 heavy (non-hydrogen) atoms. The molecule has 134 valence electrons. The highest BCUT2D eigenvalue weighted by molar-refractivity contribution is 5.75. The van der Waals surface area contributed by atoms with Crippen molar-refractivity contribution >= 4 is 11.9 Å². The predicted octanol–water partition coefficient (Wildman–Crippen LogP) is 2.18. The third-order valence-corrected chi connectivity index (χ3v) is 5.16. The number of nitrogens with zero attached hydrogens (tertiary/aromatic N) is 1. The molecule has 0 radical (unpaired) electrons. The molecule has 6 heteroatoms. The lowest BCUT2D eigenvalue weighted by atomic mass is 9.89. The average Bonchev–Trinajstić information content (AvgIpc) is 3.19. The van der Waals surface area contributed by atoms with Crippen LogP contribution in [0.25, 0.3) is 0 Å². The van der Waals surface area contributed by atoms with Gasteiger partial charge in [0.1, 0.15) is 6.04 Å². The van der Waals surface area contributed by atoms with Gasteiger partial charge in [0.25, 0.3) is 0 Å². The summed E-state index contributed by atoms with van der Waals surface area (Å²) in [5.74, 6) is -0.394. The zero-order valence-corrected chi connectivity index (χ0v) is 14.7. The van der Waals surface area contributed by atoms with Crippen molar-refractivity contribution < 1.29 is 14.7 Å². The van der Waals surface area contributed by atoms with Crippen LogP contribution in [0.4, 0.5) is 0 Å². The van der Waals surface area contributed by atoms with Crippen molar-refractivity contribution in [1.82, 2.24) is 15.2 Å². The summed E-state index contributed by atoms with van der Waals surface area (Å²) in [5.41, 5.74) is 0. The fourth-order valence-corrected chi connectivity index (χ4v) is 3.77. The number of nitrogens with one attached hydrogen (secondary N) is 2. The minimum Gasteiger partial charge on any atom is -0.480 e. The minimum atomic E-state index is -0.834. The smallest absolute Gasteiger partial charge is 0.320 e. The molecule has 4 atom stereocenters. The molecule has 1 aliphatic rings. The van der Waals surface area contributed by atoms with Crippen LogP contribution in [0.3, 0.4) is 0 Å². The molecule has 2 rings (SSSR count). The first-order chi connectivity index (χ1) is 11.5. The van der Waals surface area contributed by atoms with Gasteiger partial charge in [0.2, 0.25) is 5.91 Å². The third kappa shape index (κ3) is 4.38. The maximum absolute atomic E-state index is 11.7. The highest BCUT2D eigenvalue weighted by Crippen LogP contribution is 2.31. The van der Waals surface area contributed by atoms with Gasteiger partial charge in [-0.05, 0) is 30.9 Å². The van der Waals surface area contributed by atoms with Gasteiger partial charge in [0, 0.05) is 31.4 Å². The molecule has 0 spiro atoms. The second-order valence-corrected chi connectivity index (χ2v) is 6.74. The number of carboxylic acids is 1. The summed E-state index contributed by atoms with van der Waals surface area (Å²) >= 11 is 0. The Morgan fingerprint density at radius 3 is 2.42 bits per heavy atom. The van der Waals surface area contributed by atoms with Gasteiger partial charge in [-0.1, -0.05) is 26.7 Å². The van der Waals surface area contributed by atoms with Gasteiger partial charge >= 0.3 is 5.97 Å². The molecule has 1 fully saturated rings. The Morgan fingerprint density at radius 1 is 1.29 bits per heavy atom. The fraction of sp³-hybridized carbons (Fsp3) is 0.667.